The molecule has 94 valence electrons. The number of ether oxygens (including phenoxy) is 1. The fraction of sp³-hybridized carbons (Fsp3) is 0.538. The first-order valence-electron chi connectivity index (χ1n) is 6.04. The van der Waals surface area contributed by atoms with Crippen molar-refractivity contribution >= 4 is 11.4 Å². The number of aliphatic hydroxyl groups excluding tert-OH is 1. The number of hydrogen-bond acceptors (Lipinski definition) is 4. The summed E-state index contributed by atoms with van der Waals surface area (Å²) in [6.07, 6.45) is 2.23. The molecule has 1 aliphatic heterocycles. The van der Waals surface area contributed by atoms with Crippen molar-refractivity contribution in [3.8, 4) is 5.75 Å². The predicted octanol–water partition coefficient (Wildman–Crippen LogP) is 1.49. The highest BCUT2D eigenvalue weighted by molar-refractivity contribution is 5.62. The van der Waals surface area contributed by atoms with Crippen LogP contribution in [0.2, 0.25) is 0 Å². The third-order valence-corrected chi connectivity index (χ3v) is 3.36. The molecule has 1 saturated heterocycles. The number of piperidine rings is 1. The molecule has 1 aromatic rings. The van der Waals surface area contributed by atoms with Gasteiger partial charge in [0.2, 0.25) is 0 Å². The Hall–Kier alpha value is -1.42. The second-order valence-corrected chi connectivity index (χ2v) is 4.56. The van der Waals surface area contributed by atoms with E-state index in [2.05, 4.69) is 4.90 Å². The summed E-state index contributed by atoms with van der Waals surface area (Å²) < 4.78 is 5.23. The fourth-order valence-electron chi connectivity index (χ4n) is 2.35. The molecule has 0 radical (unpaired) electrons. The van der Waals surface area contributed by atoms with Gasteiger partial charge in [0.25, 0.3) is 0 Å². The monoisotopic (exact) mass is 236 g/mol. The molecule has 2 rings (SSSR count). The first kappa shape index (κ1) is 12.0. The maximum atomic E-state index is 9.23. The van der Waals surface area contributed by atoms with Crippen LogP contribution in [0.1, 0.15) is 12.8 Å². The molecule has 1 heterocycles. The number of nitrogen functional groups attached to an aromatic ring is 1. The van der Waals surface area contributed by atoms with E-state index in [-0.39, 0.29) is 6.61 Å². The van der Waals surface area contributed by atoms with Crippen molar-refractivity contribution < 1.29 is 9.84 Å². The third kappa shape index (κ3) is 2.64. The number of rotatable bonds is 3. The Labute approximate surface area is 102 Å². The van der Waals surface area contributed by atoms with Crippen LogP contribution in [0, 0.1) is 5.92 Å². The van der Waals surface area contributed by atoms with Crippen molar-refractivity contribution in [3.05, 3.63) is 18.2 Å². The van der Waals surface area contributed by atoms with Gasteiger partial charge < -0.3 is 20.5 Å². The van der Waals surface area contributed by atoms with Crippen molar-refractivity contribution in [1.29, 1.82) is 0 Å². The molecule has 3 N–H and O–H groups in total. The number of nitrogens with two attached hydrogens (primary N) is 1. The minimum Gasteiger partial charge on any atom is -0.495 e. The van der Waals surface area contributed by atoms with Gasteiger partial charge in [-0.3, -0.25) is 0 Å². The summed E-state index contributed by atoms with van der Waals surface area (Å²) in [6.45, 7) is 2.20. The van der Waals surface area contributed by atoms with Gasteiger partial charge in [0.15, 0.2) is 0 Å². The molecule has 0 aliphatic carbocycles. The zero-order valence-electron chi connectivity index (χ0n) is 10.2. The van der Waals surface area contributed by atoms with Gasteiger partial charge >= 0.3 is 0 Å². The summed E-state index contributed by atoms with van der Waals surface area (Å²) in [7, 11) is 1.63. The number of aliphatic hydroxyl groups is 1. The lowest BCUT2D eigenvalue weighted by Crippen LogP contribution is -2.36. The molecule has 4 heteroatoms. The standard InChI is InChI=1S/C13H20N2O2/c1-17-13-7-11(4-5-12(13)14)15-6-2-3-10(8-15)9-16/h4-5,7,10,16H,2-3,6,8-9,14H2,1H3. The summed E-state index contributed by atoms with van der Waals surface area (Å²) in [5, 5.41) is 9.23. The van der Waals surface area contributed by atoms with Crippen LogP contribution in [-0.4, -0.2) is 31.9 Å². The van der Waals surface area contributed by atoms with Crippen LogP contribution < -0.4 is 15.4 Å². The first-order valence-corrected chi connectivity index (χ1v) is 6.04. The van der Waals surface area contributed by atoms with E-state index in [1.165, 1.54) is 0 Å². The lowest BCUT2D eigenvalue weighted by Gasteiger charge is -2.33. The van der Waals surface area contributed by atoms with E-state index in [0.717, 1.165) is 31.6 Å². The highest BCUT2D eigenvalue weighted by Gasteiger charge is 2.19. The van der Waals surface area contributed by atoms with Crippen LogP contribution >= 0.6 is 0 Å². The fourth-order valence-corrected chi connectivity index (χ4v) is 2.35. The van der Waals surface area contributed by atoms with Crippen molar-refractivity contribution in [1.82, 2.24) is 0 Å². The smallest absolute Gasteiger partial charge is 0.143 e. The lowest BCUT2D eigenvalue weighted by molar-refractivity contribution is 0.208. The number of nitrogens with zero attached hydrogens (tertiary/aromatic N) is 1. The molecule has 0 saturated carbocycles. The Morgan fingerprint density at radius 2 is 2.35 bits per heavy atom. The maximum absolute atomic E-state index is 9.23. The Balaban J connectivity index is 2.16. The molecule has 1 aliphatic rings. The Kier molecular flexibility index (Phi) is 3.74. The number of anilines is 2. The van der Waals surface area contributed by atoms with E-state index in [9.17, 15) is 5.11 Å². The van der Waals surface area contributed by atoms with Gasteiger partial charge in [-0.2, -0.15) is 0 Å². The van der Waals surface area contributed by atoms with Crippen LogP contribution in [0.5, 0.6) is 5.75 Å². The molecule has 0 amide bonds. The van der Waals surface area contributed by atoms with Crippen LogP contribution in [0.25, 0.3) is 0 Å². The summed E-state index contributed by atoms with van der Waals surface area (Å²) in [5.74, 6) is 1.10. The summed E-state index contributed by atoms with van der Waals surface area (Å²) in [6, 6.07) is 5.85. The van der Waals surface area contributed by atoms with Crippen LogP contribution in [-0.2, 0) is 0 Å². The molecular formula is C13H20N2O2. The Morgan fingerprint density at radius 1 is 1.53 bits per heavy atom. The molecule has 1 unspecified atom stereocenters. The molecule has 0 bridgehead atoms. The second-order valence-electron chi connectivity index (χ2n) is 4.56. The summed E-state index contributed by atoms with van der Waals surface area (Å²) >= 11 is 0. The maximum Gasteiger partial charge on any atom is 0.143 e. The molecule has 1 atom stereocenters. The van der Waals surface area contributed by atoms with Gasteiger partial charge in [0.05, 0.1) is 12.8 Å². The van der Waals surface area contributed by atoms with Gasteiger partial charge in [-0.15, -0.1) is 0 Å². The molecule has 1 aromatic carbocycles. The molecule has 1 fully saturated rings. The number of hydrogen-bond donors (Lipinski definition) is 2. The molecule has 0 aromatic heterocycles. The first-order chi connectivity index (χ1) is 8.24. The highest BCUT2D eigenvalue weighted by atomic mass is 16.5. The van der Waals surface area contributed by atoms with E-state index in [1.807, 2.05) is 18.2 Å². The van der Waals surface area contributed by atoms with E-state index in [4.69, 9.17) is 10.5 Å². The molecule has 17 heavy (non-hydrogen) atoms. The van der Waals surface area contributed by atoms with Crippen LogP contribution in [0.3, 0.4) is 0 Å². The number of benzene rings is 1. The van der Waals surface area contributed by atoms with E-state index in [0.29, 0.717) is 17.4 Å². The largest absolute Gasteiger partial charge is 0.495 e. The Bertz CT molecular complexity index is 382. The third-order valence-electron chi connectivity index (χ3n) is 3.36. The SMILES string of the molecule is COc1cc(N2CCCC(CO)C2)ccc1N. The minimum absolute atomic E-state index is 0.266. The second kappa shape index (κ2) is 5.27. The van der Waals surface area contributed by atoms with Crippen molar-refractivity contribution in [2.45, 2.75) is 12.8 Å². The van der Waals surface area contributed by atoms with Gasteiger partial charge in [-0.05, 0) is 30.9 Å². The molecule has 0 spiro atoms. The topological polar surface area (TPSA) is 58.7 Å². The zero-order chi connectivity index (χ0) is 12.3. The van der Waals surface area contributed by atoms with E-state index in [1.54, 1.807) is 7.11 Å². The van der Waals surface area contributed by atoms with Crippen molar-refractivity contribution in [2.24, 2.45) is 5.92 Å². The van der Waals surface area contributed by atoms with Crippen molar-refractivity contribution in [2.75, 3.05) is 37.4 Å². The van der Waals surface area contributed by atoms with E-state index >= 15 is 0 Å². The number of methoxy groups -OCH3 is 1. The average Bonchev–Trinajstić information content (AvgIpc) is 2.39. The van der Waals surface area contributed by atoms with Crippen LogP contribution in [0.4, 0.5) is 11.4 Å². The predicted molar refractivity (Wildman–Crippen MR) is 69.4 cm³/mol. The minimum atomic E-state index is 0.266. The normalized spacial score (nSPS) is 20.4. The average molecular weight is 236 g/mol. The summed E-state index contributed by atoms with van der Waals surface area (Å²) in [4.78, 5) is 2.28. The zero-order valence-corrected chi connectivity index (χ0v) is 10.2. The molecule has 4 nitrogen and oxygen atoms in total. The lowest BCUT2D eigenvalue weighted by atomic mass is 9.98. The van der Waals surface area contributed by atoms with Gasteiger partial charge in [0, 0.05) is 31.5 Å². The van der Waals surface area contributed by atoms with E-state index < -0.39 is 0 Å². The van der Waals surface area contributed by atoms with Crippen molar-refractivity contribution in [3.63, 3.8) is 0 Å². The molecular weight excluding hydrogens is 216 g/mol. The summed E-state index contributed by atoms with van der Waals surface area (Å²) in [5.41, 5.74) is 7.58. The van der Waals surface area contributed by atoms with Gasteiger partial charge in [-0.1, -0.05) is 0 Å². The Morgan fingerprint density at radius 3 is 3.06 bits per heavy atom. The van der Waals surface area contributed by atoms with Gasteiger partial charge in [-0.25, -0.2) is 0 Å². The van der Waals surface area contributed by atoms with Gasteiger partial charge in [0.1, 0.15) is 5.75 Å². The quantitative estimate of drug-likeness (QED) is 0.781. The van der Waals surface area contributed by atoms with Crippen LogP contribution in [0.15, 0.2) is 18.2 Å². The highest BCUT2D eigenvalue weighted by Crippen LogP contribution is 2.29.